The second-order valence-corrected chi connectivity index (χ2v) is 5.55. The van der Waals surface area contributed by atoms with Gasteiger partial charge in [0.1, 0.15) is 11.6 Å². The Morgan fingerprint density at radius 3 is 2.63 bits per heavy atom. The molecule has 2 aliphatic carbocycles. The number of allylic oxidation sites excluding steroid dienone is 3. The first-order valence-corrected chi connectivity index (χ1v) is 7.37. The van der Waals surface area contributed by atoms with Crippen LogP contribution in [0.1, 0.15) is 51.4 Å². The number of nitriles is 1. The third-order valence-corrected chi connectivity index (χ3v) is 4.02. The first-order chi connectivity index (χ1) is 9.29. The summed E-state index contributed by atoms with van der Waals surface area (Å²) in [7, 11) is 0. The van der Waals surface area contributed by atoms with Gasteiger partial charge in [0.05, 0.1) is 0 Å². The molecule has 1 amide bonds. The molecule has 0 bridgehead atoms. The Hall–Kier alpha value is -1.56. The summed E-state index contributed by atoms with van der Waals surface area (Å²) in [5.41, 5.74) is 0.297. The molecule has 1 saturated carbocycles. The van der Waals surface area contributed by atoms with Gasteiger partial charge in [0, 0.05) is 6.04 Å². The van der Waals surface area contributed by atoms with Gasteiger partial charge in [0.2, 0.25) is 0 Å². The topological polar surface area (TPSA) is 52.9 Å². The standard InChI is InChI=1S/C16H22N2O/c17-12-14(11-13-7-3-1-4-8-13)16(19)18-15-9-5-2-6-10-15/h1,3,11,13,15H,2,4-10H2,(H,18,19)/b14-11+/t13-/m0/s1. The van der Waals surface area contributed by atoms with Crippen LogP contribution in [-0.4, -0.2) is 11.9 Å². The van der Waals surface area contributed by atoms with E-state index in [1.54, 1.807) is 0 Å². The molecule has 102 valence electrons. The lowest BCUT2D eigenvalue weighted by Crippen LogP contribution is -2.37. The van der Waals surface area contributed by atoms with Crippen LogP contribution >= 0.6 is 0 Å². The van der Waals surface area contributed by atoms with E-state index in [0.717, 1.165) is 32.1 Å². The number of nitrogens with one attached hydrogen (secondary N) is 1. The summed E-state index contributed by atoms with van der Waals surface area (Å²) in [5, 5.41) is 12.2. The maximum absolute atomic E-state index is 12.1. The van der Waals surface area contributed by atoms with Crippen molar-refractivity contribution in [1.29, 1.82) is 5.26 Å². The van der Waals surface area contributed by atoms with Gasteiger partial charge in [-0.2, -0.15) is 5.26 Å². The molecule has 0 aliphatic heterocycles. The highest BCUT2D eigenvalue weighted by Gasteiger charge is 2.19. The molecule has 1 atom stereocenters. The fourth-order valence-corrected chi connectivity index (χ4v) is 2.88. The lowest BCUT2D eigenvalue weighted by atomic mass is 9.92. The molecule has 3 heteroatoms. The summed E-state index contributed by atoms with van der Waals surface area (Å²) >= 11 is 0. The van der Waals surface area contributed by atoms with Crippen LogP contribution < -0.4 is 5.32 Å². The van der Waals surface area contributed by atoms with E-state index in [1.807, 2.05) is 6.08 Å². The highest BCUT2D eigenvalue weighted by atomic mass is 16.1. The average Bonchev–Trinajstić information content (AvgIpc) is 2.47. The van der Waals surface area contributed by atoms with E-state index < -0.39 is 0 Å². The number of hydrogen-bond donors (Lipinski definition) is 1. The van der Waals surface area contributed by atoms with E-state index >= 15 is 0 Å². The maximum Gasteiger partial charge on any atom is 0.261 e. The van der Waals surface area contributed by atoms with Crippen LogP contribution in [0, 0.1) is 17.2 Å². The SMILES string of the molecule is N#C/C(=C\[C@H]1CC=CCC1)C(=O)NC1CCCCC1. The Morgan fingerprint density at radius 2 is 2.00 bits per heavy atom. The molecule has 0 radical (unpaired) electrons. The monoisotopic (exact) mass is 258 g/mol. The predicted octanol–water partition coefficient (Wildman–Crippen LogP) is 3.24. The Balaban J connectivity index is 1.92. The molecule has 19 heavy (non-hydrogen) atoms. The number of nitrogens with zero attached hydrogens (tertiary/aromatic N) is 1. The van der Waals surface area contributed by atoms with E-state index in [-0.39, 0.29) is 11.9 Å². The van der Waals surface area contributed by atoms with Crippen molar-refractivity contribution in [2.75, 3.05) is 0 Å². The minimum atomic E-state index is -0.177. The van der Waals surface area contributed by atoms with E-state index in [0.29, 0.717) is 11.5 Å². The van der Waals surface area contributed by atoms with Gasteiger partial charge in [0.15, 0.2) is 0 Å². The molecule has 0 unspecified atom stereocenters. The molecule has 1 N–H and O–H groups in total. The predicted molar refractivity (Wildman–Crippen MR) is 75.2 cm³/mol. The van der Waals surface area contributed by atoms with Crippen molar-refractivity contribution < 1.29 is 4.79 Å². The molecule has 3 nitrogen and oxygen atoms in total. The van der Waals surface area contributed by atoms with Gasteiger partial charge in [-0.15, -0.1) is 0 Å². The number of amides is 1. The molecule has 0 aromatic rings. The first-order valence-electron chi connectivity index (χ1n) is 7.37. The second kappa shape index (κ2) is 7.13. The van der Waals surface area contributed by atoms with Gasteiger partial charge in [-0.3, -0.25) is 4.79 Å². The van der Waals surface area contributed by atoms with Gasteiger partial charge < -0.3 is 5.32 Å². The van der Waals surface area contributed by atoms with Gasteiger partial charge in [-0.25, -0.2) is 0 Å². The van der Waals surface area contributed by atoms with E-state index in [9.17, 15) is 4.79 Å². The molecule has 1 fully saturated rings. The molecule has 0 aromatic heterocycles. The van der Waals surface area contributed by atoms with Crippen molar-refractivity contribution in [3.05, 3.63) is 23.8 Å². The zero-order valence-corrected chi connectivity index (χ0v) is 11.4. The van der Waals surface area contributed by atoms with Gasteiger partial charge >= 0.3 is 0 Å². The van der Waals surface area contributed by atoms with Crippen LogP contribution in [-0.2, 0) is 4.79 Å². The van der Waals surface area contributed by atoms with Crippen LogP contribution in [0.3, 0.4) is 0 Å². The van der Waals surface area contributed by atoms with Crippen LogP contribution in [0.25, 0.3) is 0 Å². The normalized spacial score (nSPS) is 24.8. The Labute approximate surface area is 115 Å². The van der Waals surface area contributed by atoms with Gasteiger partial charge in [-0.1, -0.05) is 37.5 Å². The molecule has 2 aliphatic rings. The smallest absolute Gasteiger partial charge is 0.261 e. The molecule has 0 spiro atoms. The van der Waals surface area contributed by atoms with Crippen LogP contribution in [0.15, 0.2) is 23.8 Å². The summed E-state index contributed by atoms with van der Waals surface area (Å²) in [5.74, 6) is 0.167. The molecular weight excluding hydrogens is 236 g/mol. The van der Waals surface area contributed by atoms with Crippen molar-refractivity contribution in [2.45, 2.75) is 57.4 Å². The number of rotatable bonds is 3. The third-order valence-electron chi connectivity index (χ3n) is 4.02. The Kier molecular flexibility index (Phi) is 5.20. The van der Waals surface area contributed by atoms with Crippen molar-refractivity contribution >= 4 is 5.91 Å². The Morgan fingerprint density at radius 1 is 1.21 bits per heavy atom. The van der Waals surface area contributed by atoms with Crippen LogP contribution in [0.4, 0.5) is 0 Å². The summed E-state index contributed by atoms with van der Waals surface area (Å²) in [6, 6.07) is 2.33. The van der Waals surface area contributed by atoms with Crippen LogP contribution in [0.5, 0.6) is 0 Å². The molecule has 0 saturated heterocycles. The van der Waals surface area contributed by atoms with E-state index in [1.165, 1.54) is 19.3 Å². The lowest BCUT2D eigenvalue weighted by molar-refractivity contribution is -0.118. The zero-order valence-electron chi connectivity index (χ0n) is 11.4. The molecular formula is C16H22N2O. The van der Waals surface area contributed by atoms with Crippen molar-refractivity contribution in [3.63, 3.8) is 0 Å². The zero-order chi connectivity index (χ0) is 13.5. The van der Waals surface area contributed by atoms with Gasteiger partial charge in [0.25, 0.3) is 5.91 Å². The lowest BCUT2D eigenvalue weighted by Gasteiger charge is -2.22. The molecule has 0 heterocycles. The average molecular weight is 258 g/mol. The second-order valence-electron chi connectivity index (χ2n) is 5.55. The van der Waals surface area contributed by atoms with E-state index in [4.69, 9.17) is 5.26 Å². The largest absolute Gasteiger partial charge is 0.349 e. The number of carbonyl (C=O) groups is 1. The molecule has 0 aromatic carbocycles. The van der Waals surface area contributed by atoms with Crippen molar-refractivity contribution in [2.24, 2.45) is 5.92 Å². The first kappa shape index (κ1) is 13.9. The summed E-state index contributed by atoms with van der Waals surface area (Å²) < 4.78 is 0. The highest BCUT2D eigenvalue weighted by molar-refractivity contribution is 5.97. The van der Waals surface area contributed by atoms with Crippen molar-refractivity contribution in [3.8, 4) is 6.07 Å². The minimum absolute atomic E-state index is 0.177. The van der Waals surface area contributed by atoms with Crippen molar-refractivity contribution in [1.82, 2.24) is 5.32 Å². The van der Waals surface area contributed by atoms with E-state index in [2.05, 4.69) is 23.5 Å². The van der Waals surface area contributed by atoms with Gasteiger partial charge in [-0.05, 0) is 38.0 Å². The summed E-state index contributed by atoms with van der Waals surface area (Å²) in [6.07, 6.45) is 14.9. The number of hydrogen-bond acceptors (Lipinski definition) is 2. The summed E-state index contributed by atoms with van der Waals surface area (Å²) in [6.45, 7) is 0. The quantitative estimate of drug-likeness (QED) is 0.480. The number of carbonyl (C=O) groups excluding carboxylic acids is 1. The maximum atomic E-state index is 12.1. The molecule has 2 rings (SSSR count). The highest BCUT2D eigenvalue weighted by Crippen LogP contribution is 2.21. The van der Waals surface area contributed by atoms with Crippen LogP contribution in [0.2, 0.25) is 0 Å². The summed E-state index contributed by atoms with van der Waals surface area (Å²) in [4.78, 5) is 12.1. The minimum Gasteiger partial charge on any atom is -0.349 e. The Bertz CT molecular complexity index is 411. The fourth-order valence-electron chi connectivity index (χ4n) is 2.88. The third kappa shape index (κ3) is 4.24. The fraction of sp³-hybridized carbons (Fsp3) is 0.625.